The number of aliphatic hydroxyl groups is 1. The van der Waals surface area contributed by atoms with E-state index in [0.717, 1.165) is 24.9 Å². The predicted molar refractivity (Wildman–Crippen MR) is 171 cm³/mol. The maximum atomic E-state index is 13.7. The zero-order valence-electron chi connectivity index (χ0n) is 24.7. The highest BCUT2D eigenvalue weighted by Gasteiger charge is 2.32. The second-order valence-electron chi connectivity index (χ2n) is 11.1. The summed E-state index contributed by atoms with van der Waals surface area (Å²) in [5, 5.41) is 24.8. The van der Waals surface area contributed by atoms with Crippen LogP contribution in [0.4, 0.5) is 5.69 Å². The van der Waals surface area contributed by atoms with Gasteiger partial charge in [-0.1, -0.05) is 84.9 Å². The summed E-state index contributed by atoms with van der Waals surface area (Å²) in [6.45, 7) is 2.27. The second kappa shape index (κ2) is 13.8. The maximum Gasteiger partial charge on any atom is 0.331 e. The van der Waals surface area contributed by atoms with Crippen LogP contribution in [0, 0.1) is 0 Å². The normalized spacial score (nSPS) is 17.8. The molecule has 9 heteroatoms. The molecule has 1 fully saturated rings. The summed E-state index contributed by atoms with van der Waals surface area (Å²) in [5.41, 5.74) is 3.52. The molecule has 4 aromatic carbocycles. The monoisotopic (exact) mass is 605 g/mol. The van der Waals surface area contributed by atoms with Gasteiger partial charge in [0.2, 0.25) is 5.91 Å². The van der Waals surface area contributed by atoms with Gasteiger partial charge in [-0.05, 0) is 48.7 Å². The van der Waals surface area contributed by atoms with Crippen molar-refractivity contribution in [2.45, 2.75) is 37.6 Å². The minimum Gasteiger partial charge on any atom is -0.486 e. The Kier molecular flexibility index (Phi) is 9.19. The molecule has 0 unspecified atom stereocenters. The first-order valence-electron chi connectivity index (χ1n) is 15.1. The molecule has 0 bridgehead atoms. The molecule has 0 saturated carbocycles. The van der Waals surface area contributed by atoms with E-state index >= 15 is 0 Å². The van der Waals surface area contributed by atoms with Crippen molar-refractivity contribution >= 4 is 23.3 Å². The van der Waals surface area contributed by atoms with Gasteiger partial charge in [0.15, 0.2) is 17.5 Å². The molecule has 1 saturated heterocycles. The van der Waals surface area contributed by atoms with Gasteiger partial charge in [-0.3, -0.25) is 14.7 Å². The van der Waals surface area contributed by atoms with Crippen molar-refractivity contribution in [2.24, 2.45) is 4.99 Å². The summed E-state index contributed by atoms with van der Waals surface area (Å²) < 4.78 is 11.2. The predicted octanol–water partition coefficient (Wildman–Crippen LogP) is 5.09. The van der Waals surface area contributed by atoms with Gasteiger partial charge in [0.05, 0.1) is 17.4 Å². The summed E-state index contributed by atoms with van der Waals surface area (Å²) in [4.78, 5) is 33.2. The molecule has 2 aliphatic rings. The number of hydrogen-bond donors (Lipinski definition) is 3. The molecule has 3 atom stereocenters. The van der Waals surface area contributed by atoms with Gasteiger partial charge in [-0.2, -0.15) is 0 Å². The van der Waals surface area contributed by atoms with Crippen LogP contribution >= 0.6 is 0 Å². The number of para-hydroxylation sites is 1. The van der Waals surface area contributed by atoms with E-state index in [-0.39, 0.29) is 11.9 Å². The Labute approximate surface area is 261 Å². The molecule has 0 spiro atoms. The Morgan fingerprint density at radius 2 is 1.58 bits per heavy atom. The van der Waals surface area contributed by atoms with E-state index < -0.39 is 18.1 Å². The number of aliphatic carboxylic acids is 1. The molecular formula is C36H35N3O6. The SMILES string of the molecule is O=C(Nc1ccccc1C(=N[C@@H](C(=O)O)[C@H](O)c1ccc2c(c1)OCCO2)c1ccccc1)[C@H]1CCCN1Cc1ccccc1. The van der Waals surface area contributed by atoms with E-state index in [1.54, 1.807) is 30.3 Å². The number of rotatable bonds is 10. The van der Waals surface area contributed by atoms with Gasteiger partial charge in [0, 0.05) is 17.7 Å². The molecule has 9 nitrogen and oxygen atoms in total. The number of ether oxygens (including phenoxy) is 2. The quantitative estimate of drug-likeness (QED) is 0.216. The van der Waals surface area contributed by atoms with Gasteiger partial charge in [0.1, 0.15) is 19.3 Å². The molecule has 4 aromatic rings. The number of aliphatic imine (C=N–C) groups is 1. The summed E-state index contributed by atoms with van der Waals surface area (Å²) in [5.74, 6) is -0.452. The van der Waals surface area contributed by atoms with Gasteiger partial charge >= 0.3 is 5.97 Å². The summed E-state index contributed by atoms with van der Waals surface area (Å²) in [6, 6.07) is 29.5. The number of carbonyl (C=O) groups excluding carboxylic acids is 1. The van der Waals surface area contributed by atoms with Crippen molar-refractivity contribution in [1.29, 1.82) is 0 Å². The third kappa shape index (κ3) is 6.90. The van der Waals surface area contributed by atoms with E-state index in [4.69, 9.17) is 9.47 Å². The lowest BCUT2D eigenvalue weighted by Gasteiger charge is -2.25. The first-order valence-corrected chi connectivity index (χ1v) is 15.1. The molecular weight excluding hydrogens is 570 g/mol. The van der Waals surface area contributed by atoms with Crippen LogP contribution in [-0.2, 0) is 16.1 Å². The van der Waals surface area contributed by atoms with E-state index in [0.29, 0.717) is 59.3 Å². The zero-order chi connectivity index (χ0) is 31.2. The summed E-state index contributed by atoms with van der Waals surface area (Å²) in [7, 11) is 0. The lowest BCUT2D eigenvalue weighted by atomic mass is 9.97. The zero-order valence-corrected chi connectivity index (χ0v) is 24.7. The minimum atomic E-state index is -1.55. The highest BCUT2D eigenvalue weighted by molar-refractivity contribution is 6.17. The lowest BCUT2D eigenvalue weighted by molar-refractivity contribution is -0.141. The van der Waals surface area contributed by atoms with Gasteiger partial charge in [-0.25, -0.2) is 4.79 Å². The number of hydrogen-bond acceptors (Lipinski definition) is 7. The standard InChI is InChI=1S/C36H35N3O6/c40-34(26-17-18-30-31(22-26)45-21-20-44-30)33(36(42)43)38-32(25-12-5-2-6-13-25)27-14-7-8-15-28(27)37-35(41)29-16-9-19-39(29)23-24-10-3-1-4-11-24/h1-8,10-15,17-18,22,29,33-34,40H,9,16,19-21,23H2,(H,37,41)(H,42,43)/t29-,33-,34-/m1/s1. The highest BCUT2D eigenvalue weighted by Crippen LogP contribution is 2.34. The van der Waals surface area contributed by atoms with Crippen LogP contribution in [0.25, 0.3) is 0 Å². The topological polar surface area (TPSA) is 121 Å². The van der Waals surface area contributed by atoms with Crippen molar-refractivity contribution in [1.82, 2.24) is 4.90 Å². The summed E-state index contributed by atoms with van der Waals surface area (Å²) in [6.07, 6.45) is 0.175. The fourth-order valence-corrected chi connectivity index (χ4v) is 5.87. The molecule has 0 aliphatic carbocycles. The van der Waals surface area contributed by atoms with Gasteiger partial charge in [0.25, 0.3) is 0 Å². The van der Waals surface area contributed by atoms with E-state index in [1.807, 2.05) is 60.7 Å². The van der Waals surface area contributed by atoms with Crippen molar-refractivity contribution in [3.05, 3.63) is 125 Å². The van der Waals surface area contributed by atoms with Crippen LogP contribution in [0.15, 0.2) is 108 Å². The number of nitrogens with one attached hydrogen (secondary N) is 1. The smallest absolute Gasteiger partial charge is 0.331 e. The van der Waals surface area contributed by atoms with Crippen molar-refractivity contribution < 1.29 is 29.3 Å². The Hall–Kier alpha value is -4.99. The van der Waals surface area contributed by atoms with Crippen molar-refractivity contribution in [3.8, 4) is 11.5 Å². The van der Waals surface area contributed by atoms with E-state index in [9.17, 15) is 19.8 Å². The number of nitrogens with zero attached hydrogens (tertiary/aromatic N) is 2. The first-order chi connectivity index (χ1) is 22.0. The molecule has 1 amide bonds. The fourth-order valence-electron chi connectivity index (χ4n) is 5.87. The van der Waals surface area contributed by atoms with Gasteiger partial charge in [-0.15, -0.1) is 0 Å². The third-order valence-electron chi connectivity index (χ3n) is 8.11. The van der Waals surface area contributed by atoms with Crippen LogP contribution in [0.2, 0.25) is 0 Å². The Morgan fingerprint density at radius 3 is 2.33 bits per heavy atom. The number of carboxylic acids is 1. The molecule has 2 heterocycles. The van der Waals surface area contributed by atoms with Crippen LogP contribution in [0.5, 0.6) is 11.5 Å². The second-order valence-corrected chi connectivity index (χ2v) is 11.1. The lowest BCUT2D eigenvalue weighted by Crippen LogP contribution is -2.39. The molecule has 0 radical (unpaired) electrons. The molecule has 45 heavy (non-hydrogen) atoms. The number of carboxylic acid groups (broad SMARTS) is 1. The number of benzene rings is 4. The number of fused-ring (bicyclic) bond motifs is 1. The van der Waals surface area contributed by atoms with Crippen LogP contribution in [-0.4, -0.2) is 64.5 Å². The third-order valence-corrected chi connectivity index (χ3v) is 8.11. The number of anilines is 1. The number of carbonyl (C=O) groups is 2. The van der Waals surface area contributed by atoms with Crippen molar-refractivity contribution in [2.75, 3.05) is 25.1 Å². The Bertz CT molecular complexity index is 1680. The van der Waals surface area contributed by atoms with Crippen LogP contribution in [0.1, 0.15) is 41.2 Å². The average molecular weight is 606 g/mol. The fraction of sp³-hybridized carbons (Fsp3) is 0.250. The first kappa shape index (κ1) is 30.1. The number of amides is 1. The Morgan fingerprint density at radius 1 is 0.889 bits per heavy atom. The number of aliphatic hydroxyl groups excluding tert-OH is 1. The summed E-state index contributed by atoms with van der Waals surface area (Å²) >= 11 is 0. The number of likely N-dealkylation sites (tertiary alicyclic amines) is 1. The average Bonchev–Trinajstić information content (AvgIpc) is 3.54. The molecule has 230 valence electrons. The van der Waals surface area contributed by atoms with Crippen LogP contribution < -0.4 is 14.8 Å². The van der Waals surface area contributed by atoms with Crippen LogP contribution in [0.3, 0.4) is 0 Å². The van der Waals surface area contributed by atoms with E-state index in [1.165, 1.54) is 0 Å². The van der Waals surface area contributed by atoms with E-state index in [2.05, 4.69) is 27.3 Å². The minimum absolute atomic E-state index is 0.130. The molecule has 2 aliphatic heterocycles. The maximum absolute atomic E-state index is 13.7. The van der Waals surface area contributed by atoms with Crippen molar-refractivity contribution in [3.63, 3.8) is 0 Å². The molecule has 6 rings (SSSR count). The largest absolute Gasteiger partial charge is 0.486 e. The molecule has 3 N–H and O–H groups in total. The highest BCUT2D eigenvalue weighted by atomic mass is 16.6. The van der Waals surface area contributed by atoms with Gasteiger partial charge < -0.3 is 25.0 Å². The Balaban J connectivity index is 1.32. The molecule has 0 aromatic heterocycles.